The van der Waals surface area contributed by atoms with Crippen LogP contribution in [0.4, 0.5) is 0 Å². The number of benzene rings is 2. The van der Waals surface area contributed by atoms with Crippen LogP contribution in [0.5, 0.6) is 5.75 Å². The van der Waals surface area contributed by atoms with Crippen LogP contribution in [0.15, 0.2) is 36.4 Å². The van der Waals surface area contributed by atoms with E-state index in [1.165, 1.54) is 7.11 Å². The molecular weight excluding hydrogens is 650 g/mol. The smallest absolute Gasteiger partial charge is 0.354 e. The van der Waals surface area contributed by atoms with Crippen LogP contribution in [0.3, 0.4) is 0 Å². The van der Waals surface area contributed by atoms with Crippen LogP contribution >= 0.6 is 11.6 Å². The summed E-state index contributed by atoms with van der Waals surface area (Å²) in [5.74, 6) is 0.347. The average Bonchev–Trinajstić information content (AvgIpc) is 3.57. The highest BCUT2D eigenvalue weighted by atomic mass is 35.5. The molecule has 12 heteroatoms. The van der Waals surface area contributed by atoms with E-state index in [0.29, 0.717) is 43.6 Å². The van der Waals surface area contributed by atoms with Gasteiger partial charge in [-0.25, -0.2) is 4.79 Å². The third-order valence-electron chi connectivity index (χ3n) is 9.07. The van der Waals surface area contributed by atoms with Crippen LogP contribution in [0.1, 0.15) is 60.1 Å². The Kier molecular flexibility index (Phi) is 12.9. The molecule has 0 bridgehead atoms. The zero-order chi connectivity index (χ0) is 35.1. The van der Waals surface area contributed by atoms with Gasteiger partial charge in [-0.3, -0.25) is 4.68 Å². The predicted molar refractivity (Wildman–Crippen MR) is 191 cm³/mol. The summed E-state index contributed by atoms with van der Waals surface area (Å²) in [6.45, 7) is 13.6. The van der Waals surface area contributed by atoms with E-state index in [1.807, 2.05) is 43.4 Å². The first-order chi connectivity index (χ1) is 22.8. The molecule has 0 fully saturated rings. The molecule has 2 aromatic heterocycles. The standard InChI is InChI=1S/C36H50ClN3O7Si/c1-36(2,3)48(8,9)47-18-10-11-26-27-16-17-29(37)31(32(27)38-33(26)35(41)44-7)34-28(30(39-40(34)4)23-45-20-19-42-5)22-46-21-24-12-14-25(43-6)15-13-24/h12-17,38H,10-11,18-23H2,1-9H3. The van der Waals surface area contributed by atoms with Crippen molar-refractivity contribution < 1.29 is 32.9 Å². The Bertz CT molecular complexity index is 1680. The number of rotatable bonds is 17. The summed E-state index contributed by atoms with van der Waals surface area (Å²) >= 11 is 7.00. The maximum Gasteiger partial charge on any atom is 0.354 e. The van der Waals surface area contributed by atoms with Gasteiger partial charge < -0.3 is 33.1 Å². The molecule has 1 N–H and O–H groups in total. The zero-order valence-corrected chi connectivity index (χ0v) is 31.5. The molecule has 2 aromatic carbocycles. The van der Waals surface area contributed by atoms with Crippen molar-refractivity contribution in [2.45, 2.75) is 71.6 Å². The number of hydrogen-bond acceptors (Lipinski definition) is 8. The van der Waals surface area contributed by atoms with Gasteiger partial charge in [-0.2, -0.15) is 5.10 Å². The number of carbonyl (C=O) groups is 1. The normalized spacial score (nSPS) is 12.2. The van der Waals surface area contributed by atoms with Gasteiger partial charge in [0.05, 0.1) is 69.2 Å². The minimum absolute atomic E-state index is 0.115. The van der Waals surface area contributed by atoms with Crippen molar-refractivity contribution in [1.29, 1.82) is 0 Å². The minimum atomic E-state index is -1.91. The molecule has 10 nitrogen and oxygen atoms in total. The van der Waals surface area contributed by atoms with Crippen LogP contribution < -0.4 is 4.74 Å². The highest BCUT2D eigenvalue weighted by Gasteiger charge is 2.37. The molecule has 0 aliphatic rings. The summed E-state index contributed by atoms with van der Waals surface area (Å²) in [5, 5.41) is 6.36. The first-order valence-corrected chi connectivity index (χ1v) is 19.5. The van der Waals surface area contributed by atoms with Gasteiger partial charge in [0.2, 0.25) is 0 Å². The van der Waals surface area contributed by atoms with Gasteiger partial charge in [-0.05, 0) is 60.3 Å². The summed E-state index contributed by atoms with van der Waals surface area (Å²) in [4.78, 5) is 16.5. The number of hydrogen-bond donors (Lipinski definition) is 1. The summed E-state index contributed by atoms with van der Waals surface area (Å²) in [5.41, 5.74) is 6.09. The van der Waals surface area contributed by atoms with Gasteiger partial charge in [-0.1, -0.05) is 50.6 Å². The molecule has 0 spiro atoms. The topological polar surface area (TPSA) is 106 Å². The first-order valence-electron chi connectivity index (χ1n) is 16.2. The van der Waals surface area contributed by atoms with Crippen LogP contribution in [-0.2, 0) is 56.7 Å². The van der Waals surface area contributed by atoms with Crippen molar-refractivity contribution in [2.75, 3.05) is 41.2 Å². The van der Waals surface area contributed by atoms with E-state index in [-0.39, 0.29) is 18.3 Å². The molecule has 2 heterocycles. The van der Waals surface area contributed by atoms with Crippen LogP contribution in [0, 0.1) is 0 Å². The Morgan fingerprint density at radius 3 is 2.31 bits per heavy atom. The molecule has 0 atom stereocenters. The van der Waals surface area contributed by atoms with Crippen LogP contribution in [0.2, 0.25) is 23.2 Å². The fourth-order valence-corrected chi connectivity index (χ4v) is 6.70. The lowest BCUT2D eigenvalue weighted by Crippen LogP contribution is -2.41. The molecule has 0 amide bonds. The molecule has 0 unspecified atom stereocenters. The van der Waals surface area contributed by atoms with Crippen molar-refractivity contribution in [2.24, 2.45) is 7.05 Å². The highest BCUT2D eigenvalue weighted by Crippen LogP contribution is 2.41. The van der Waals surface area contributed by atoms with Gasteiger partial charge in [-0.15, -0.1) is 0 Å². The van der Waals surface area contributed by atoms with Crippen LogP contribution in [0.25, 0.3) is 22.2 Å². The van der Waals surface area contributed by atoms with E-state index in [4.69, 9.17) is 44.8 Å². The van der Waals surface area contributed by atoms with Crippen molar-refractivity contribution in [3.05, 3.63) is 69.5 Å². The molecule has 0 aliphatic heterocycles. The van der Waals surface area contributed by atoms with E-state index in [2.05, 4.69) is 38.8 Å². The van der Waals surface area contributed by atoms with E-state index in [0.717, 1.165) is 56.7 Å². The predicted octanol–water partition coefficient (Wildman–Crippen LogP) is 7.85. The second-order valence-corrected chi connectivity index (χ2v) is 18.5. The lowest BCUT2D eigenvalue weighted by Gasteiger charge is -2.36. The second-order valence-electron chi connectivity index (χ2n) is 13.3. The number of H-pyrrole nitrogens is 1. The molecule has 4 rings (SSSR count). The Labute approximate surface area is 290 Å². The summed E-state index contributed by atoms with van der Waals surface area (Å²) < 4.78 is 36.1. The fraction of sp³-hybridized carbons (Fsp3) is 0.500. The Morgan fingerprint density at radius 1 is 0.938 bits per heavy atom. The average molecular weight is 700 g/mol. The maximum atomic E-state index is 13.1. The SMILES string of the molecule is COCCOCc1nn(C)c(-c2c(Cl)ccc3c(CCCO[Si](C)(C)C(C)(C)C)c(C(=O)OC)[nH]c23)c1COCc1ccc(OC)cc1. The van der Waals surface area contributed by atoms with E-state index < -0.39 is 14.3 Å². The zero-order valence-electron chi connectivity index (χ0n) is 29.8. The summed E-state index contributed by atoms with van der Waals surface area (Å²) in [6.07, 6.45) is 1.38. The van der Waals surface area contributed by atoms with Gasteiger partial charge in [0.15, 0.2) is 8.32 Å². The number of nitrogens with zero attached hydrogens (tertiary/aromatic N) is 2. The number of fused-ring (bicyclic) bond motifs is 1. The van der Waals surface area contributed by atoms with Crippen molar-refractivity contribution >= 4 is 36.8 Å². The van der Waals surface area contributed by atoms with E-state index in [1.54, 1.807) is 18.9 Å². The second kappa shape index (κ2) is 16.5. The molecule has 0 aliphatic carbocycles. The number of aromatic nitrogens is 3. The van der Waals surface area contributed by atoms with Crippen molar-refractivity contribution in [3.8, 4) is 17.0 Å². The molecular formula is C36H50ClN3O7Si. The fourth-order valence-electron chi connectivity index (χ4n) is 5.36. The Balaban J connectivity index is 1.73. The molecule has 4 aromatic rings. The number of methoxy groups -OCH3 is 3. The number of esters is 1. The van der Waals surface area contributed by atoms with Gasteiger partial charge in [0, 0.05) is 37.3 Å². The third kappa shape index (κ3) is 8.69. The van der Waals surface area contributed by atoms with Crippen molar-refractivity contribution in [1.82, 2.24) is 14.8 Å². The van der Waals surface area contributed by atoms with Crippen molar-refractivity contribution in [3.63, 3.8) is 0 Å². The number of carbonyl (C=O) groups excluding carboxylic acids is 1. The summed E-state index contributed by atoms with van der Waals surface area (Å²) in [7, 11) is 4.64. The number of nitrogens with one attached hydrogen (secondary N) is 1. The molecule has 0 saturated heterocycles. The maximum absolute atomic E-state index is 13.1. The number of ether oxygens (including phenoxy) is 5. The third-order valence-corrected chi connectivity index (χ3v) is 13.9. The number of aromatic amines is 1. The Morgan fingerprint density at radius 2 is 1.67 bits per heavy atom. The lowest BCUT2D eigenvalue weighted by molar-refractivity contribution is 0.0578. The molecule has 0 saturated carbocycles. The van der Waals surface area contributed by atoms with Gasteiger partial charge >= 0.3 is 5.97 Å². The monoisotopic (exact) mass is 699 g/mol. The lowest BCUT2D eigenvalue weighted by atomic mass is 10.00. The number of halogens is 1. The largest absolute Gasteiger partial charge is 0.497 e. The van der Waals surface area contributed by atoms with Crippen LogP contribution in [-0.4, -0.2) is 70.2 Å². The number of aryl methyl sites for hydroxylation is 2. The first kappa shape index (κ1) is 37.6. The minimum Gasteiger partial charge on any atom is -0.497 e. The molecule has 262 valence electrons. The Hall–Kier alpha value is -3.19. The van der Waals surface area contributed by atoms with Gasteiger partial charge in [0.25, 0.3) is 0 Å². The van der Waals surface area contributed by atoms with Gasteiger partial charge in [0.1, 0.15) is 11.4 Å². The van der Waals surface area contributed by atoms with E-state index >= 15 is 0 Å². The summed E-state index contributed by atoms with van der Waals surface area (Å²) in [6, 6.07) is 11.6. The molecule has 48 heavy (non-hydrogen) atoms. The highest BCUT2D eigenvalue weighted by molar-refractivity contribution is 6.74. The molecule has 0 radical (unpaired) electrons. The quantitative estimate of drug-likeness (QED) is 0.0675. The van der Waals surface area contributed by atoms with E-state index in [9.17, 15) is 4.79 Å².